The number of rotatable bonds is 5. The van der Waals surface area contributed by atoms with Gasteiger partial charge in [0, 0.05) is 0 Å². The topological polar surface area (TPSA) is 78.4 Å². The normalized spacial score (nSPS) is 13.4. The number of nitrogens with one attached hydrogen (secondary N) is 2. The molecule has 5 heteroatoms. The third-order valence-electron chi connectivity index (χ3n) is 2.12. The molecule has 3 N–H and O–H groups in total. The lowest BCUT2D eigenvalue weighted by Gasteiger charge is -2.19. The van der Waals surface area contributed by atoms with Crippen LogP contribution >= 0.6 is 0 Å². The highest BCUT2D eigenvalue weighted by Gasteiger charge is 2.24. The van der Waals surface area contributed by atoms with Gasteiger partial charge in [-0.25, -0.2) is 9.59 Å². The van der Waals surface area contributed by atoms with Crippen LogP contribution in [0, 0.1) is 18.3 Å². The molecule has 2 amide bonds. The lowest BCUT2D eigenvalue weighted by atomic mass is 9.99. The molecule has 5 nitrogen and oxygen atoms in total. The van der Waals surface area contributed by atoms with Crippen molar-refractivity contribution in [2.24, 2.45) is 5.92 Å². The van der Waals surface area contributed by atoms with Gasteiger partial charge >= 0.3 is 12.0 Å². The molecule has 0 aromatic heterocycles. The monoisotopic (exact) mass is 212 g/mol. The second-order valence-electron chi connectivity index (χ2n) is 3.23. The van der Waals surface area contributed by atoms with Crippen molar-refractivity contribution in [3.63, 3.8) is 0 Å². The van der Waals surface area contributed by atoms with Gasteiger partial charge in [0.15, 0.2) is 0 Å². The van der Waals surface area contributed by atoms with Crippen LogP contribution < -0.4 is 10.6 Å². The van der Waals surface area contributed by atoms with Crippen LogP contribution in [-0.2, 0) is 4.79 Å². The molecule has 0 radical (unpaired) electrons. The number of carbonyl (C=O) groups excluding carboxylic acids is 1. The van der Waals surface area contributed by atoms with Crippen molar-refractivity contribution in [3.05, 3.63) is 0 Å². The van der Waals surface area contributed by atoms with Gasteiger partial charge in [0.25, 0.3) is 0 Å². The zero-order valence-electron chi connectivity index (χ0n) is 8.91. The Morgan fingerprint density at radius 1 is 1.53 bits per heavy atom. The summed E-state index contributed by atoms with van der Waals surface area (Å²) in [6, 6.07) is -1.44. The van der Waals surface area contributed by atoms with Crippen molar-refractivity contribution in [1.82, 2.24) is 10.6 Å². The molecule has 84 valence electrons. The number of carboxylic acid groups (broad SMARTS) is 1. The Morgan fingerprint density at radius 3 is 2.53 bits per heavy atom. The maximum Gasteiger partial charge on any atom is 0.326 e. The van der Waals surface area contributed by atoms with Crippen LogP contribution in [0.25, 0.3) is 0 Å². The van der Waals surface area contributed by atoms with E-state index in [1.807, 2.05) is 6.92 Å². The van der Waals surface area contributed by atoms with Crippen LogP contribution in [0.1, 0.15) is 20.3 Å². The number of urea groups is 1. The highest BCUT2D eigenvalue weighted by atomic mass is 16.4. The van der Waals surface area contributed by atoms with Gasteiger partial charge in [-0.1, -0.05) is 26.2 Å². The van der Waals surface area contributed by atoms with Crippen molar-refractivity contribution < 1.29 is 14.7 Å². The first-order valence-electron chi connectivity index (χ1n) is 4.73. The number of carboxylic acids is 1. The number of terminal acetylenes is 1. The van der Waals surface area contributed by atoms with Crippen LogP contribution in [0.5, 0.6) is 0 Å². The molecule has 0 aliphatic carbocycles. The average Bonchev–Trinajstić information content (AvgIpc) is 2.21. The summed E-state index contributed by atoms with van der Waals surface area (Å²) in [7, 11) is 0. The van der Waals surface area contributed by atoms with Crippen molar-refractivity contribution in [3.8, 4) is 12.3 Å². The molecule has 0 heterocycles. The molecule has 0 aliphatic heterocycles. The third kappa shape index (κ3) is 4.91. The Bertz CT molecular complexity index is 270. The molecule has 0 rings (SSSR count). The zero-order chi connectivity index (χ0) is 11.8. The lowest BCUT2D eigenvalue weighted by molar-refractivity contribution is -0.140. The van der Waals surface area contributed by atoms with Crippen molar-refractivity contribution in [2.45, 2.75) is 26.3 Å². The minimum atomic E-state index is -1.04. The Kier molecular flexibility index (Phi) is 5.95. The van der Waals surface area contributed by atoms with E-state index in [-0.39, 0.29) is 12.5 Å². The minimum Gasteiger partial charge on any atom is -0.480 e. The van der Waals surface area contributed by atoms with Gasteiger partial charge in [0.05, 0.1) is 6.54 Å². The molecular formula is C10H16N2O3. The second-order valence-corrected chi connectivity index (χ2v) is 3.23. The fraction of sp³-hybridized carbons (Fsp3) is 0.600. The summed E-state index contributed by atoms with van der Waals surface area (Å²) in [6.45, 7) is 3.71. The highest BCUT2D eigenvalue weighted by molar-refractivity contribution is 5.82. The van der Waals surface area contributed by atoms with E-state index in [0.29, 0.717) is 6.42 Å². The predicted octanol–water partition coefficient (Wildman–Crippen LogP) is 0.418. The van der Waals surface area contributed by atoms with E-state index >= 15 is 0 Å². The van der Waals surface area contributed by atoms with Crippen molar-refractivity contribution in [1.29, 1.82) is 0 Å². The molecule has 0 saturated heterocycles. The van der Waals surface area contributed by atoms with E-state index in [9.17, 15) is 9.59 Å². The Balaban J connectivity index is 4.24. The summed E-state index contributed by atoms with van der Waals surface area (Å²) in [6.07, 6.45) is 5.62. The molecule has 0 saturated carbocycles. The van der Waals surface area contributed by atoms with Crippen LogP contribution in [0.2, 0.25) is 0 Å². The fourth-order valence-corrected chi connectivity index (χ4v) is 1.01. The molecule has 0 spiro atoms. The summed E-state index contributed by atoms with van der Waals surface area (Å²) < 4.78 is 0. The van der Waals surface area contributed by atoms with Crippen molar-refractivity contribution >= 4 is 12.0 Å². The number of hydrogen-bond donors (Lipinski definition) is 3. The summed E-state index contributed by atoms with van der Waals surface area (Å²) in [4.78, 5) is 22.0. The van der Waals surface area contributed by atoms with Gasteiger partial charge < -0.3 is 15.7 Å². The summed E-state index contributed by atoms with van der Waals surface area (Å²) in [5, 5.41) is 13.6. The number of carbonyl (C=O) groups is 2. The Labute approximate surface area is 89.2 Å². The lowest BCUT2D eigenvalue weighted by Crippen LogP contribution is -2.49. The first kappa shape index (κ1) is 13.3. The number of hydrogen-bond acceptors (Lipinski definition) is 2. The molecule has 15 heavy (non-hydrogen) atoms. The van der Waals surface area contributed by atoms with E-state index in [0.717, 1.165) is 0 Å². The maximum absolute atomic E-state index is 11.2. The van der Waals surface area contributed by atoms with Gasteiger partial charge in [0.1, 0.15) is 6.04 Å². The predicted molar refractivity (Wildman–Crippen MR) is 56.2 cm³/mol. The van der Waals surface area contributed by atoms with Gasteiger partial charge in [-0.05, 0) is 5.92 Å². The number of aliphatic carboxylic acids is 1. The Morgan fingerprint density at radius 2 is 2.13 bits per heavy atom. The van der Waals surface area contributed by atoms with Crippen LogP contribution in [-0.4, -0.2) is 29.7 Å². The van der Waals surface area contributed by atoms with Gasteiger partial charge in [-0.15, -0.1) is 6.42 Å². The summed E-state index contributed by atoms with van der Waals surface area (Å²) in [5.74, 6) is 1.06. The van der Waals surface area contributed by atoms with Crippen LogP contribution in [0.15, 0.2) is 0 Å². The first-order chi connectivity index (χ1) is 7.02. The summed E-state index contributed by atoms with van der Waals surface area (Å²) in [5.41, 5.74) is 0. The fourth-order valence-electron chi connectivity index (χ4n) is 1.01. The van der Waals surface area contributed by atoms with E-state index in [4.69, 9.17) is 11.5 Å². The molecular weight excluding hydrogens is 196 g/mol. The standard InChI is InChI=1S/C10H16N2O3/c1-4-6-11-10(15)12-8(9(13)14)7(3)5-2/h1,7-8H,5-6H2,2-3H3,(H,13,14)(H2,11,12,15)/t7?,8-/m0/s1. The average molecular weight is 212 g/mol. The Hall–Kier alpha value is -1.70. The smallest absolute Gasteiger partial charge is 0.326 e. The maximum atomic E-state index is 11.2. The molecule has 2 atom stereocenters. The van der Waals surface area contributed by atoms with E-state index in [1.165, 1.54) is 0 Å². The van der Waals surface area contributed by atoms with Crippen molar-refractivity contribution in [2.75, 3.05) is 6.54 Å². The van der Waals surface area contributed by atoms with Crippen LogP contribution in [0.3, 0.4) is 0 Å². The van der Waals surface area contributed by atoms with Gasteiger partial charge in [-0.3, -0.25) is 0 Å². The first-order valence-corrected chi connectivity index (χ1v) is 4.73. The second kappa shape index (κ2) is 6.71. The molecule has 0 aromatic rings. The van der Waals surface area contributed by atoms with Gasteiger partial charge in [0.2, 0.25) is 0 Å². The van der Waals surface area contributed by atoms with Crippen LogP contribution in [0.4, 0.5) is 4.79 Å². The highest BCUT2D eigenvalue weighted by Crippen LogP contribution is 2.07. The molecule has 0 bridgehead atoms. The molecule has 1 unspecified atom stereocenters. The molecule has 0 fully saturated rings. The minimum absolute atomic E-state index is 0.0820. The van der Waals surface area contributed by atoms with E-state index in [2.05, 4.69) is 16.6 Å². The van der Waals surface area contributed by atoms with E-state index < -0.39 is 18.0 Å². The quantitative estimate of drug-likeness (QED) is 0.578. The summed E-state index contributed by atoms with van der Waals surface area (Å²) >= 11 is 0. The molecule has 0 aromatic carbocycles. The number of amides is 2. The van der Waals surface area contributed by atoms with Gasteiger partial charge in [-0.2, -0.15) is 0 Å². The third-order valence-corrected chi connectivity index (χ3v) is 2.12. The largest absolute Gasteiger partial charge is 0.480 e. The molecule has 0 aliphatic rings. The zero-order valence-corrected chi connectivity index (χ0v) is 8.91. The SMILES string of the molecule is C#CCNC(=O)N[C@H](C(=O)O)C(C)CC. The van der Waals surface area contributed by atoms with E-state index in [1.54, 1.807) is 6.92 Å².